The number of hydrogen-bond acceptors (Lipinski definition) is 5. The largest absolute Gasteiger partial charge is 0.493 e. The Morgan fingerprint density at radius 1 is 1.26 bits per heavy atom. The van der Waals surface area contributed by atoms with Gasteiger partial charge in [-0.2, -0.15) is 0 Å². The van der Waals surface area contributed by atoms with Crippen molar-refractivity contribution >= 4 is 5.69 Å². The first-order valence-electron chi connectivity index (χ1n) is 5.91. The summed E-state index contributed by atoms with van der Waals surface area (Å²) in [6, 6.07) is 7.36. The molecule has 0 atom stereocenters. The predicted molar refractivity (Wildman–Crippen MR) is 69.9 cm³/mol. The maximum atomic E-state index is 10.6. The molecule has 6 nitrogen and oxygen atoms in total. The molecule has 0 aliphatic carbocycles. The summed E-state index contributed by atoms with van der Waals surface area (Å²) in [7, 11) is 0. The van der Waals surface area contributed by atoms with Crippen LogP contribution in [-0.2, 0) is 0 Å². The second-order valence-corrected chi connectivity index (χ2v) is 3.87. The van der Waals surface area contributed by atoms with Gasteiger partial charge in [0.15, 0.2) is 5.82 Å². The molecule has 1 heterocycles. The maximum absolute atomic E-state index is 10.6. The molecule has 0 fully saturated rings. The average Bonchev–Trinajstić information content (AvgIpc) is 2.45. The fourth-order valence-corrected chi connectivity index (χ4v) is 1.54. The normalized spacial score (nSPS) is 10.2. The summed E-state index contributed by atoms with van der Waals surface area (Å²) < 4.78 is 5.60. The van der Waals surface area contributed by atoms with Crippen LogP contribution in [0.2, 0.25) is 0 Å². The van der Waals surface area contributed by atoms with Crippen LogP contribution in [0.5, 0.6) is 5.75 Å². The maximum Gasteiger partial charge on any atom is 0.305 e. The molecular formula is C13H13N3O3. The van der Waals surface area contributed by atoms with E-state index in [0.717, 1.165) is 12.0 Å². The molecule has 0 bridgehead atoms. The van der Waals surface area contributed by atoms with E-state index in [1.807, 2.05) is 31.2 Å². The van der Waals surface area contributed by atoms with Crippen molar-refractivity contribution in [2.24, 2.45) is 0 Å². The molecule has 0 saturated heterocycles. The average molecular weight is 259 g/mol. The molecule has 0 amide bonds. The van der Waals surface area contributed by atoms with Crippen molar-refractivity contribution in [3.63, 3.8) is 0 Å². The number of hydrogen-bond donors (Lipinski definition) is 0. The zero-order chi connectivity index (χ0) is 13.7. The van der Waals surface area contributed by atoms with E-state index in [1.165, 1.54) is 12.4 Å². The van der Waals surface area contributed by atoms with Gasteiger partial charge in [-0.1, -0.05) is 19.1 Å². The van der Waals surface area contributed by atoms with Crippen molar-refractivity contribution in [3.8, 4) is 17.1 Å². The lowest BCUT2D eigenvalue weighted by Gasteiger charge is -2.09. The van der Waals surface area contributed by atoms with Gasteiger partial charge in [0.25, 0.3) is 0 Å². The number of rotatable bonds is 5. The van der Waals surface area contributed by atoms with Gasteiger partial charge in [-0.05, 0) is 18.6 Å². The molecule has 0 aliphatic heterocycles. The van der Waals surface area contributed by atoms with Crippen molar-refractivity contribution < 1.29 is 9.66 Å². The zero-order valence-electron chi connectivity index (χ0n) is 10.4. The van der Waals surface area contributed by atoms with Gasteiger partial charge in [0.05, 0.1) is 17.1 Å². The van der Waals surface area contributed by atoms with Crippen LogP contribution in [0.25, 0.3) is 11.4 Å². The molecule has 1 aromatic carbocycles. The van der Waals surface area contributed by atoms with E-state index in [9.17, 15) is 10.1 Å². The molecule has 2 aromatic rings. The molecular weight excluding hydrogens is 246 g/mol. The highest BCUT2D eigenvalue weighted by Gasteiger charge is 2.11. The fourth-order valence-electron chi connectivity index (χ4n) is 1.54. The SMILES string of the molecule is CCCOc1ccccc1-c1ncc([N+](=O)[O-])cn1. The smallest absolute Gasteiger partial charge is 0.305 e. The number of aromatic nitrogens is 2. The minimum Gasteiger partial charge on any atom is -0.493 e. The Balaban J connectivity index is 2.32. The molecule has 0 radical (unpaired) electrons. The Morgan fingerprint density at radius 3 is 2.58 bits per heavy atom. The van der Waals surface area contributed by atoms with Crippen molar-refractivity contribution in [1.82, 2.24) is 9.97 Å². The van der Waals surface area contributed by atoms with E-state index < -0.39 is 4.92 Å². The lowest BCUT2D eigenvalue weighted by atomic mass is 10.2. The van der Waals surface area contributed by atoms with Gasteiger partial charge in [-0.25, -0.2) is 9.97 Å². The lowest BCUT2D eigenvalue weighted by Crippen LogP contribution is -1.99. The topological polar surface area (TPSA) is 78.2 Å². The van der Waals surface area contributed by atoms with Crippen molar-refractivity contribution in [1.29, 1.82) is 0 Å². The molecule has 0 saturated carbocycles. The predicted octanol–water partition coefficient (Wildman–Crippen LogP) is 2.84. The summed E-state index contributed by atoms with van der Waals surface area (Å²) in [6.45, 7) is 2.62. The van der Waals surface area contributed by atoms with Gasteiger partial charge in [0.1, 0.15) is 18.1 Å². The second kappa shape index (κ2) is 5.90. The highest BCUT2D eigenvalue weighted by atomic mass is 16.6. The molecule has 1 aromatic heterocycles. The van der Waals surface area contributed by atoms with Crippen LogP contribution in [0.15, 0.2) is 36.7 Å². The summed E-state index contributed by atoms with van der Waals surface area (Å²) in [5.41, 5.74) is 0.599. The Kier molecular flexibility index (Phi) is 4.02. The van der Waals surface area contributed by atoms with Crippen LogP contribution in [0.1, 0.15) is 13.3 Å². The minimum atomic E-state index is -0.525. The van der Waals surface area contributed by atoms with Crippen molar-refractivity contribution in [2.45, 2.75) is 13.3 Å². The minimum absolute atomic E-state index is 0.129. The third-order valence-electron chi connectivity index (χ3n) is 2.44. The third kappa shape index (κ3) is 3.04. The van der Waals surface area contributed by atoms with E-state index >= 15 is 0 Å². The first-order chi connectivity index (χ1) is 9.22. The Morgan fingerprint density at radius 2 is 1.95 bits per heavy atom. The van der Waals surface area contributed by atoms with Crippen LogP contribution in [0.3, 0.4) is 0 Å². The molecule has 98 valence electrons. The van der Waals surface area contributed by atoms with E-state index in [4.69, 9.17) is 4.74 Å². The van der Waals surface area contributed by atoms with E-state index in [-0.39, 0.29) is 5.69 Å². The van der Waals surface area contributed by atoms with Crippen LogP contribution < -0.4 is 4.74 Å². The van der Waals surface area contributed by atoms with Crippen LogP contribution in [0.4, 0.5) is 5.69 Å². The Labute approximate surface area is 110 Å². The molecule has 6 heteroatoms. The Bertz CT molecular complexity index is 570. The highest BCUT2D eigenvalue weighted by molar-refractivity contribution is 5.64. The van der Waals surface area contributed by atoms with Crippen LogP contribution in [0, 0.1) is 10.1 Å². The summed E-state index contributed by atoms with van der Waals surface area (Å²) in [5, 5.41) is 10.6. The van der Waals surface area contributed by atoms with E-state index in [1.54, 1.807) is 0 Å². The first kappa shape index (κ1) is 12.9. The van der Waals surface area contributed by atoms with Gasteiger partial charge < -0.3 is 4.74 Å². The Hall–Kier alpha value is -2.50. The van der Waals surface area contributed by atoms with E-state index in [2.05, 4.69) is 9.97 Å². The monoisotopic (exact) mass is 259 g/mol. The molecule has 0 spiro atoms. The summed E-state index contributed by atoms with van der Waals surface area (Å²) in [4.78, 5) is 18.0. The van der Waals surface area contributed by atoms with Crippen LogP contribution in [-0.4, -0.2) is 21.5 Å². The summed E-state index contributed by atoms with van der Waals surface area (Å²) in [5.74, 6) is 1.09. The lowest BCUT2D eigenvalue weighted by molar-refractivity contribution is -0.385. The number of nitrogens with zero attached hydrogens (tertiary/aromatic N) is 3. The van der Waals surface area contributed by atoms with Gasteiger partial charge in [-0.15, -0.1) is 0 Å². The zero-order valence-corrected chi connectivity index (χ0v) is 10.4. The molecule has 0 unspecified atom stereocenters. The first-order valence-corrected chi connectivity index (χ1v) is 5.91. The number of nitro groups is 1. The highest BCUT2D eigenvalue weighted by Crippen LogP contribution is 2.27. The number of para-hydroxylation sites is 1. The summed E-state index contributed by atoms with van der Waals surface area (Å²) >= 11 is 0. The van der Waals surface area contributed by atoms with Gasteiger partial charge >= 0.3 is 5.69 Å². The molecule has 19 heavy (non-hydrogen) atoms. The van der Waals surface area contributed by atoms with Gasteiger partial charge in [0.2, 0.25) is 0 Å². The van der Waals surface area contributed by atoms with E-state index in [0.29, 0.717) is 18.2 Å². The van der Waals surface area contributed by atoms with Crippen molar-refractivity contribution in [2.75, 3.05) is 6.61 Å². The molecule has 2 rings (SSSR count). The molecule has 0 aliphatic rings. The fraction of sp³-hybridized carbons (Fsp3) is 0.231. The second-order valence-electron chi connectivity index (χ2n) is 3.87. The number of benzene rings is 1. The standard InChI is InChI=1S/C13H13N3O3/c1-2-7-19-12-6-4-3-5-11(12)13-14-8-10(9-15-13)16(17)18/h3-6,8-9H,2,7H2,1H3. The number of ether oxygens (including phenoxy) is 1. The quantitative estimate of drug-likeness (QED) is 0.609. The molecule has 0 N–H and O–H groups in total. The third-order valence-corrected chi connectivity index (χ3v) is 2.44. The van der Waals surface area contributed by atoms with Crippen molar-refractivity contribution in [3.05, 3.63) is 46.8 Å². The van der Waals surface area contributed by atoms with Crippen LogP contribution >= 0.6 is 0 Å². The summed E-state index contributed by atoms with van der Waals surface area (Å²) in [6.07, 6.45) is 3.29. The van der Waals surface area contributed by atoms with Gasteiger partial charge in [-0.3, -0.25) is 10.1 Å². The van der Waals surface area contributed by atoms with Gasteiger partial charge in [0, 0.05) is 0 Å².